The largest absolute Gasteiger partial charge is 0.369 e. The summed E-state index contributed by atoms with van der Waals surface area (Å²) in [5, 5.41) is 6.45. The molecule has 0 aliphatic heterocycles. The van der Waals surface area contributed by atoms with Gasteiger partial charge < -0.3 is 16.4 Å². The van der Waals surface area contributed by atoms with Crippen LogP contribution in [0.15, 0.2) is 4.99 Å². The van der Waals surface area contributed by atoms with E-state index in [0.29, 0.717) is 6.54 Å². The predicted molar refractivity (Wildman–Crippen MR) is 81.1 cm³/mol. The normalized spacial score (nSPS) is 12.3. The highest BCUT2D eigenvalue weighted by molar-refractivity contribution is 5.82. The molecule has 5 nitrogen and oxygen atoms in total. The summed E-state index contributed by atoms with van der Waals surface area (Å²) in [5.74, 6) is 0.434. The Morgan fingerprint density at radius 2 is 1.84 bits per heavy atom. The molecular weight excluding hydrogens is 240 g/mol. The van der Waals surface area contributed by atoms with Crippen molar-refractivity contribution in [2.45, 2.75) is 53.4 Å². The zero-order chi connectivity index (χ0) is 14.7. The van der Waals surface area contributed by atoms with E-state index in [-0.39, 0.29) is 5.91 Å². The molecule has 0 fully saturated rings. The van der Waals surface area contributed by atoms with E-state index in [4.69, 9.17) is 5.73 Å². The summed E-state index contributed by atoms with van der Waals surface area (Å²) in [7, 11) is 0. The molecular formula is C14H30N4O. The van der Waals surface area contributed by atoms with Gasteiger partial charge in [-0.3, -0.25) is 9.79 Å². The molecule has 1 amide bonds. The van der Waals surface area contributed by atoms with Gasteiger partial charge in [-0.25, -0.2) is 0 Å². The van der Waals surface area contributed by atoms with Gasteiger partial charge in [-0.05, 0) is 27.2 Å². The molecule has 0 aromatic heterocycles. The zero-order valence-electron chi connectivity index (χ0n) is 12.9. The minimum absolute atomic E-state index is 0.324. The Balaban J connectivity index is 4.19. The zero-order valence-corrected chi connectivity index (χ0v) is 12.9. The molecule has 0 radical (unpaired) electrons. The second-order valence-electron chi connectivity index (χ2n) is 5.43. The Labute approximate surface area is 117 Å². The minimum Gasteiger partial charge on any atom is -0.369 e. The van der Waals surface area contributed by atoms with Crippen molar-refractivity contribution in [2.24, 2.45) is 16.1 Å². The third-order valence-corrected chi connectivity index (χ3v) is 2.97. The molecule has 5 heteroatoms. The number of aliphatic imine (C=N–C) groups is 1. The van der Waals surface area contributed by atoms with Crippen LogP contribution >= 0.6 is 0 Å². The van der Waals surface area contributed by atoms with Crippen LogP contribution in [0.25, 0.3) is 0 Å². The molecule has 4 N–H and O–H groups in total. The Morgan fingerprint density at radius 3 is 2.37 bits per heavy atom. The minimum atomic E-state index is -0.607. The van der Waals surface area contributed by atoms with Crippen LogP contribution in [0, 0.1) is 5.41 Å². The van der Waals surface area contributed by atoms with Gasteiger partial charge in [-0.2, -0.15) is 0 Å². The number of primary amides is 1. The van der Waals surface area contributed by atoms with Crippen molar-refractivity contribution in [1.82, 2.24) is 10.6 Å². The van der Waals surface area contributed by atoms with Crippen molar-refractivity contribution in [1.29, 1.82) is 0 Å². The number of unbranched alkanes of at least 4 members (excludes halogenated alkanes) is 3. The molecule has 0 spiro atoms. The predicted octanol–water partition coefficient (Wildman–Crippen LogP) is 1.63. The lowest BCUT2D eigenvalue weighted by Crippen LogP contribution is -2.40. The Kier molecular flexibility index (Phi) is 9.00. The molecule has 0 rings (SSSR count). The SMILES string of the molecule is CCCCCCNC(=NCC(C)(C)C(N)=O)NCC. The van der Waals surface area contributed by atoms with Gasteiger partial charge in [0, 0.05) is 13.1 Å². The fourth-order valence-corrected chi connectivity index (χ4v) is 1.45. The molecule has 112 valence electrons. The first-order valence-electron chi connectivity index (χ1n) is 7.26. The van der Waals surface area contributed by atoms with Crippen LogP contribution < -0.4 is 16.4 Å². The molecule has 0 aliphatic carbocycles. The summed E-state index contributed by atoms with van der Waals surface area (Å²) in [6.07, 6.45) is 4.87. The van der Waals surface area contributed by atoms with E-state index >= 15 is 0 Å². The fraction of sp³-hybridized carbons (Fsp3) is 0.857. The summed E-state index contributed by atoms with van der Waals surface area (Å²) < 4.78 is 0. The van der Waals surface area contributed by atoms with E-state index < -0.39 is 5.41 Å². The third-order valence-electron chi connectivity index (χ3n) is 2.97. The van der Waals surface area contributed by atoms with Crippen molar-refractivity contribution in [3.8, 4) is 0 Å². The summed E-state index contributed by atoms with van der Waals surface area (Å²) in [5.41, 5.74) is 4.73. The summed E-state index contributed by atoms with van der Waals surface area (Å²) in [4.78, 5) is 15.7. The number of amides is 1. The average Bonchev–Trinajstić information content (AvgIpc) is 2.35. The second-order valence-corrected chi connectivity index (χ2v) is 5.43. The maximum Gasteiger partial charge on any atom is 0.224 e. The molecule has 0 atom stereocenters. The van der Waals surface area contributed by atoms with Gasteiger partial charge in [0.1, 0.15) is 0 Å². The van der Waals surface area contributed by atoms with E-state index in [1.165, 1.54) is 19.3 Å². The maximum atomic E-state index is 11.2. The number of carbonyl (C=O) groups excluding carboxylic acids is 1. The highest BCUT2D eigenvalue weighted by Crippen LogP contribution is 2.13. The van der Waals surface area contributed by atoms with Gasteiger partial charge in [0.05, 0.1) is 12.0 Å². The van der Waals surface area contributed by atoms with Crippen molar-refractivity contribution in [3.63, 3.8) is 0 Å². The van der Waals surface area contributed by atoms with Gasteiger partial charge in [0.2, 0.25) is 5.91 Å². The highest BCUT2D eigenvalue weighted by atomic mass is 16.1. The molecule has 0 saturated carbocycles. The lowest BCUT2D eigenvalue weighted by atomic mass is 9.93. The summed E-state index contributed by atoms with van der Waals surface area (Å²) in [6, 6.07) is 0. The van der Waals surface area contributed by atoms with Gasteiger partial charge in [0.15, 0.2) is 5.96 Å². The number of nitrogens with two attached hydrogens (primary N) is 1. The van der Waals surface area contributed by atoms with Crippen LogP contribution in [-0.4, -0.2) is 31.5 Å². The molecule has 19 heavy (non-hydrogen) atoms. The van der Waals surface area contributed by atoms with E-state index in [0.717, 1.165) is 25.5 Å². The number of hydrogen-bond donors (Lipinski definition) is 3. The molecule has 0 aromatic carbocycles. The van der Waals surface area contributed by atoms with E-state index in [1.54, 1.807) is 0 Å². The van der Waals surface area contributed by atoms with Crippen molar-refractivity contribution < 1.29 is 4.79 Å². The molecule has 0 aromatic rings. The molecule has 0 heterocycles. The Bertz CT molecular complexity index is 287. The Morgan fingerprint density at radius 1 is 1.16 bits per heavy atom. The number of carbonyl (C=O) groups is 1. The van der Waals surface area contributed by atoms with Gasteiger partial charge in [-0.15, -0.1) is 0 Å². The highest BCUT2D eigenvalue weighted by Gasteiger charge is 2.24. The topological polar surface area (TPSA) is 79.5 Å². The third kappa shape index (κ3) is 8.46. The standard InChI is InChI=1S/C14H30N4O/c1-5-7-8-9-10-17-13(16-6-2)18-11-14(3,4)12(15)19/h5-11H2,1-4H3,(H2,15,19)(H2,16,17,18). The number of rotatable bonds is 9. The molecule has 0 aliphatic rings. The molecule has 0 saturated heterocycles. The molecule has 0 bridgehead atoms. The quantitative estimate of drug-likeness (QED) is 0.338. The Hall–Kier alpha value is -1.26. The van der Waals surface area contributed by atoms with Crippen LogP contribution in [-0.2, 0) is 4.79 Å². The number of nitrogens with zero attached hydrogens (tertiary/aromatic N) is 1. The van der Waals surface area contributed by atoms with Crippen LogP contribution in [0.5, 0.6) is 0 Å². The number of guanidine groups is 1. The monoisotopic (exact) mass is 270 g/mol. The molecule has 0 unspecified atom stereocenters. The van der Waals surface area contributed by atoms with E-state index in [2.05, 4.69) is 22.5 Å². The first-order chi connectivity index (χ1) is 8.94. The number of nitrogens with one attached hydrogen (secondary N) is 2. The first kappa shape index (κ1) is 17.7. The lowest BCUT2D eigenvalue weighted by Gasteiger charge is -2.19. The van der Waals surface area contributed by atoms with E-state index in [1.807, 2.05) is 20.8 Å². The van der Waals surface area contributed by atoms with Crippen LogP contribution in [0.3, 0.4) is 0 Å². The van der Waals surface area contributed by atoms with Gasteiger partial charge in [0.25, 0.3) is 0 Å². The summed E-state index contributed by atoms with van der Waals surface area (Å²) >= 11 is 0. The van der Waals surface area contributed by atoms with Gasteiger partial charge >= 0.3 is 0 Å². The fourth-order valence-electron chi connectivity index (χ4n) is 1.45. The maximum absolute atomic E-state index is 11.2. The first-order valence-corrected chi connectivity index (χ1v) is 7.26. The lowest BCUT2D eigenvalue weighted by molar-refractivity contribution is -0.125. The van der Waals surface area contributed by atoms with Crippen LogP contribution in [0.1, 0.15) is 53.4 Å². The average molecular weight is 270 g/mol. The number of hydrogen-bond acceptors (Lipinski definition) is 2. The van der Waals surface area contributed by atoms with Gasteiger partial charge in [-0.1, -0.05) is 26.2 Å². The second kappa shape index (κ2) is 9.64. The van der Waals surface area contributed by atoms with Crippen LogP contribution in [0.2, 0.25) is 0 Å². The van der Waals surface area contributed by atoms with E-state index in [9.17, 15) is 4.79 Å². The van der Waals surface area contributed by atoms with Crippen molar-refractivity contribution >= 4 is 11.9 Å². The van der Waals surface area contributed by atoms with Crippen molar-refractivity contribution in [2.75, 3.05) is 19.6 Å². The van der Waals surface area contributed by atoms with Crippen molar-refractivity contribution in [3.05, 3.63) is 0 Å². The summed E-state index contributed by atoms with van der Waals surface area (Å²) in [6.45, 7) is 9.94. The van der Waals surface area contributed by atoms with Crippen LogP contribution in [0.4, 0.5) is 0 Å². The smallest absolute Gasteiger partial charge is 0.224 e.